The van der Waals surface area contributed by atoms with Crippen molar-refractivity contribution in [3.05, 3.63) is 0 Å². The third-order valence-corrected chi connectivity index (χ3v) is 4.66. The van der Waals surface area contributed by atoms with Gasteiger partial charge in [-0.25, -0.2) is 0 Å². The van der Waals surface area contributed by atoms with Crippen molar-refractivity contribution in [3.63, 3.8) is 0 Å². The minimum atomic E-state index is 0.577. The molecular weight excluding hydrogens is 198 g/mol. The Bertz CT molecular complexity index is 229. The fraction of sp³-hybridized carbons (Fsp3) is 1.00. The van der Waals surface area contributed by atoms with Gasteiger partial charge in [-0.3, -0.25) is 9.80 Å². The van der Waals surface area contributed by atoms with E-state index >= 15 is 0 Å². The maximum atomic E-state index is 5.93. The summed E-state index contributed by atoms with van der Waals surface area (Å²) in [6, 6.07) is 2.19. The number of hydrogen-bond acceptors (Lipinski definition) is 3. The minimum Gasteiger partial charge on any atom is -0.329 e. The third kappa shape index (κ3) is 2.27. The van der Waals surface area contributed by atoms with Gasteiger partial charge in [0.05, 0.1) is 0 Å². The lowest BCUT2D eigenvalue weighted by molar-refractivity contribution is 0.142. The summed E-state index contributed by atoms with van der Waals surface area (Å²) in [5.74, 6) is 0.673. The van der Waals surface area contributed by atoms with Gasteiger partial charge in [0.1, 0.15) is 0 Å². The Morgan fingerprint density at radius 1 is 1.19 bits per heavy atom. The van der Waals surface area contributed by atoms with E-state index in [4.69, 9.17) is 5.73 Å². The van der Waals surface area contributed by atoms with Gasteiger partial charge in [0.2, 0.25) is 0 Å². The summed E-state index contributed by atoms with van der Waals surface area (Å²) in [6.45, 7) is 7.87. The molecular formula is C13H27N3. The van der Waals surface area contributed by atoms with Gasteiger partial charge in [0, 0.05) is 37.8 Å². The predicted octanol–water partition coefficient (Wildman–Crippen LogP) is 1.14. The number of nitrogens with two attached hydrogens (primary N) is 1. The van der Waals surface area contributed by atoms with Crippen LogP contribution in [0.15, 0.2) is 0 Å². The number of likely N-dealkylation sites (N-methyl/N-ethyl adjacent to an activating group) is 1. The summed E-state index contributed by atoms with van der Waals surface area (Å²) in [6.07, 6.45) is 4.12. The van der Waals surface area contributed by atoms with Crippen molar-refractivity contribution >= 4 is 0 Å². The van der Waals surface area contributed by atoms with E-state index in [-0.39, 0.29) is 0 Å². The largest absolute Gasteiger partial charge is 0.329 e. The second-order valence-electron chi connectivity index (χ2n) is 5.88. The molecule has 0 saturated carbocycles. The topological polar surface area (TPSA) is 32.5 Å². The molecule has 2 aliphatic heterocycles. The van der Waals surface area contributed by atoms with Crippen LogP contribution in [0.25, 0.3) is 0 Å². The highest BCUT2D eigenvalue weighted by molar-refractivity contribution is 4.93. The fourth-order valence-electron chi connectivity index (χ4n) is 3.48. The fourth-order valence-corrected chi connectivity index (χ4v) is 3.48. The minimum absolute atomic E-state index is 0.577. The monoisotopic (exact) mass is 225 g/mol. The highest BCUT2D eigenvalue weighted by Gasteiger charge is 2.36. The predicted molar refractivity (Wildman–Crippen MR) is 68.4 cm³/mol. The van der Waals surface area contributed by atoms with E-state index in [9.17, 15) is 0 Å². The lowest BCUT2D eigenvalue weighted by Crippen LogP contribution is -2.47. The van der Waals surface area contributed by atoms with E-state index in [1.54, 1.807) is 0 Å². The van der Waals surface area contributed by atoms with Crippen LogP contribution in [0.3, 0.4) is 0 Å². The highest BCUT2D eigenvalue weighted by atomic mass is 15.3. The zero-order chi connectivity index (χ0) is 11.7. The van der Waals surface area contributed by atoms with E-state index in [1.165, 1.54) is 32.4 Å². The molecule has 0 aromatic rings. The summed E-state index contributed by atoms with van der Waals surface area (Å²) in [4.78, 5) is 5.25. The average Bonchev–Trinajstić information content (AvgIpc) is 2.45. The first-order valence-corrected chi connectivity index (χ1v) is 6.79. The van der Waals surface area contributed by atoms with E-state index < -0.39 is 0 Å². The van der Waals surface area contributed by atoms with Crippen LogP contribution in [0.1, 0.15) is 33.1 Å². The Kier molecular flexibility index (Phi) is 3.88. The molecule has 3 nitrogen and oxygen atoms in total. The standard InChI is InChI=1S/C13H27N3/c1-10(2)13(8-14)16-7-6-11-4-5-12(9-16)15(11)3/h10-13H,4-9,14H2,1-3H3. The van der Waals surface area contributed by atoms with Crippen molar-refractivity contribution < 1.29 is 0 Å². The van der Waals surface area contributed by atoms with Gasteiger partial charge in [-0.15, -0.1) is 0 Å². The zero-order valence-corrected chi connectivity index (χ0v) is 11.0. The Labute approximate surface area is 100.0 Å². The molecule has 94 valence electrons. The Balaban J connectivity index is 2.02. The quantitative estimate of drug-likeness (QED) is 0.782. The molecule has 0 spiro atoms. The van der Waals surface area contributed by atoms with Gasteiger partial charge in [-0.1, -0.05) is 13.8 Å². The molecule has 0 amide bonds. The molecule has 3 heteroatoms. The number of rotatable bonds is 3. The van der Waals surface area contributed by atoms with Crippen LogP contribution >= 0.6 is 0 Å². The first-order chi connectivity index (χ1) is 7.63. The summed E-state index contributed by atoms with van der Waals surface area (Å²) in [5.41, 5.74) is 5.93. The van der Waals surface area contributed by atoms with E-state index in [0.717, 1.165) is 18.6 Å². The van der Waals surface area contributed by atoms with Crippen LogP contribution in [-0.4, -0.2) is 54.6 Å². The molecule has 0 aliphatic carbocycles. The smallest absolute Gasteiger partial charge is 0.0242 e. The Hall–Kier alpha value is -0.120. The maximum Gasteiger partial charge on any atom is 0.0242 e. The molecule has 0 aromatic carbocycles. The van der Waals surface area contributed by atoms with Gasteiger partial charge < -0.3 is 5.73 Å². The molecule has 0 radical (unpaired) electrons. The second-order valence-corrected chi connectivity index (χ2v) is 5.88. The van der Waals surface area contributed by atoms with Crippen molar-refractivity contribution in [3.8, 4) is 0 Å². The molecule has 2 fully saturated rings. The van der Waals surface area contributed by atoms with Gasteiger partial charge in [0.25, 0.3) is 0 Å². The summed E-state index contributed by atoms with van der Waals surface area (Å²) >= 11 is 0. The second kappa shape index (κ2) is 5.03. The number of hydrogen-bond donors (Lipinski definition) is 1. The van der Waals surface area contributed by atoms with E-state index in [2.05, 4.69) is 30.7 Å². The zero-order valence-electron chi connectivity index (χ0n) is 11.0. The van der Waals surface area contributed by atoms with Crippen molar-refractivity contribution in [2.75, 3.05) is 26.7 Å². The van der Waals surface area contributed by atoms with Gasteiger partial charge in [-0.2, -0.15) is 0 Å². The maximum absolute atomic E-state index is 5.93. The Morgan fingerprint density at radius 2 is 1.88 bits per heavy atom. The van der Waals surface area contributed by atoms with Crippen molar-refractivity contribution in [2.45, 2.75) is 51.2 Å². The average molecular weight is 225 g/mol. The normalized spacial score (nSPS) is 34.3. The summed E-state index contributed by atoms with van der Waals surface area (Å²) in [7, 11) is 2.30. The molecule has 3 unspecified atom stereocenters. The molecule has 2 heterocycles. The SMILES string of the molecule is CC(C)C(CN)N1CCC2CCC(C1)N2C. The van der Waals surface area contributed by atoms with E-state index in [0.29, 0.717) is 12.0 Å². The summed E-state index contributed by atoms with van der Waals surface area (Å²) in [5, 5.41) is 0. The number of likely N-dealkylation sites (tertiary alicyclic amines) is 1. The van der Waals surface area contributed by atoms with Crippen LogP contribution in [0.2, 0.25) is 0 Å². The van der Waals surface area contributed by atoms with Crippen molar-refractivity contribution in [1.82, 2.24) is 9.80 Å². The number of fused-ring (bicyclic) bond motifs is 2. The lowest BCUT2D eigenvalue weighted by Gasteiger charge is -2.35. The molecule has 2 rings (SSSR count). The van der Waals surface area contributed by atoms with E-state index in [1.807, 2.05) is 0 Å². The lowest BCUT2D eigenvalue weighted by atomic mass is 10.00. The Morgan fingerprint density at radius 3 is 2.50 bits per heavy atom. The summed E-state index contributed by atoms with van der Waals surface area (Å²) < 4.78 is 0. The van der Waals surface area contributed by atoms with Gasteiger partial charge in [-0.05, 0) is 32.2 Å². The molecule has 2 bridgehead atoms. The van der Waals surface area contributed by atoms with Gasteiger partial charge >= 0.3 is 0 Å². The van der Waals surface area contributed by atoms with Crippen LogP contribution in [-0.2, 0) is 0 Å². The first kappa shape index (κ1) is 12.3. The van der Waals surface area contributed by atoms with Crippen LogP contribution < -0.4 is 5.73 Å². The molecule has 2 N–H and O–H groups in total. The van der Waals surface area contributed by atoms with Crippen LogP contribution in [0.4, 0.5) is 0 Å². The van der Waals surface area contributed by atoms with Gasteiger partial charge in [0.15, 0.2) is 0 Å². The first-order valence-electron chi connectivity index (χ1n) is 6.79. The van der Waals surface area contributed by atoms with Crippen LogP contribution in [0, 0.1) is 5.92 Å². The third-order valence-electron chi connectivity index (χ3n) is 4.66. The van der Waals surface area contributed by atoms with Crippen molar-refractivity contribution in [1.29, 1.82) is 0 Å². The molecule has 0 aromatic heterocycles. The van der Waals surface area contributed by atoms with Crippen molar-refractivity contribution in [2.24, 2.45) is 11.7 Å². The molecule has 16 heavy (non-hydrogen) atoms. The molecule has 3 atom stereocenters. The highest BCUT2D eigenvalue weighted by Crippen LogP contribution is 2.29. The van der Waals surface area contributed by atoms with Crippen LogP contribution in [0.5, 0.6) is 0 Å². The number of nitrogens with zero attached hydrogens (tertiary/aromatic N) is 2. The molecule has 2 saturated heterocycles. The molecule has 2 aliphatic rings.